The molecule has 0 bridgehead atoms. The van der Waals surface area contributed by atoms with Crippen molar-refractivity contribution < 1.29 is 9.90 Å². The Hall–Kier alpha value is -1.41. The molecule has 0 spiro atoms. The number of fused-ring (bicyclic) bond motifs is 1. The molecule has 7 heteroatoms. The van der Waals surface area contributed by atoms with E-state index in [0.29, 0.717) is 6.54 Å². The number of nitrogens with zero attached hydrogens (tertiary/aromatic N) is 2. The number of H-pyrrole nitrogens is 1. The number of aromatic nitrogens is 1. The van der Waals surface area contributed by atoms with Gasteiger partial charge in [0.05, 0.1) is 6.04 Å². The second-order valence-corrected chi connectivity index (χ2v) is 6.36. The molecule has 0 radical (unpaired) electrons. The molecule has 1 aliphatic heterocycles. The van der Waals surface area contributed by atoms with Crippen LogP contribution in [0.15, 0.2) is 22.7 Å². The Bertz CT molecular complexity index is 714. The van der Waals surface area contributed by atoms with Crippen molar-refractivity contribution in [2.75, 3.05) is 20.6 Å². The molecule has 1 aromatic carbocycles. The van der Waals surface area contributed by atoms with Crippen molar-refractivity contribution >= 4 is 32.8 Å². The Morgan fingerprint density at radius 2 is 2.19 bits per heavy atom. The second kappa shape index (κ2) is 5.10. The molecule has 0 saturated carbocycles. The van der Waals surface area contributed by atoms with Crippen LogP contribution in [0.4, 0.5) is 0 Å². The van der Waals surface area contributed by atoms with E-state index in [1.54, 1.807) is 0 Å². The first kappa shape index (κ1) is 14.5. The number of carboxylic acids is 1. The number of aromatic carboxylic acids is 1. The minimum atomic E-state index is -0.950. The first-order chi connectivity index (χ1) is 9.90. The van der Waals surface area contributed by atoms with Gasteiger partial charge in [-0.3, -0.25) is 9.80 Å². The zero-order valence-corrected chi connectivity index (χ0v) is 13.4. The predicted molar refractivity (Wildman–Crippen MR) is 84.1 cm³/mol. The molecule has 0 amide bonds. The van der Waals surface area contributed by atoms with Gasteiger partial charge in [0.2, 0.25) is 0 Å². The average molecular weight is 353 g/mol. The van der Waals surface area contributed by atoms with Crippen LogP contribution in [-0.4, -0.2) is 52.8 Å². The summed E-state index contributed by atoms with van der Waals surface area (Å²) in [5.74, 6) is -0.950. The van der Waals surface area contributed by atoms with E-state index in [9.17, 15) is 9.90 Å². The van der Waals surface area contributed by atoms with Crippen LogP contribution < -0.4 is 5.73 Å². The van der Waals surface area contributed by atoms with Crippen molar-refractivity contribution in [1.29, 1.82) is 0 Å². The summed E-state index contributed by atoms with van der Waals surface area (Å²) in [6.45, 7) is 0.692. The number of likely N-dealkylation sites (N-methyl/N-ethyl adjacent to an activating group) is 2. The summed E-state index contributed by atoms with van der Waals surface area (Å²) in [4.78, 5) is 18.6. The Balaban J connectivity index is 2.22. The van der Waals surface area contributed by atoms with Crippen LogP contribution in [0.3, 0.4) is 0 Å². The van der Waals surface area contributed by atoms with Gasteiger partial charge in [-0.2, -0.15) is 0 Å². The Kier molecular flexibility index (Phi) is 3.53. The van der Waals surface area contributed by atoms with Crippen molar-refractivity contribution in [3.05, 3.63) is 33.9 Å². The highest BCUT2D eigenvalue weighted by Gasteiger charge is 2.37. The third kappa shape index (κ3) is 2.26. The van der Waals surface area contributed by atoms with Gasteiger partial charge in [-0.05, 0) is 32.3 Å². The van der Waals surface area contributed by atoms with Crippen LogP contribution in [0.25, 0.3) is 10.9 Å². The third-order valence-electron chi connectivity index (χ3n) is 4.17. The van der Waals surface area contributed by atoms with E-state index in [2.05, 4.69) is 20.9 Å². The van der Waals surface area contributed by atoms with Crippen LogP contribution in [0.5, 0.6) is 0 Å². The maximum Gasteiger partial charge on any atom is 0.352 e. The molecule has 1 fully saturated rings. The van der Waals surface area contributed by atoms with E-state index in [1.807, 2.05) is 42.1 Å². The SMILES string of the molecule is CN1C[C@H](c2c(C(=O)O)[nH]c3ccc(Br)cc23)N(C)C1N. The number of nitrogens with two attached hydrogens (primary N) is 1. The van der Waals surface area contributed by atoms with E-state index < -0.39 is 5.97 Å². The van der Waals surface area contributed by atoms with Crippen LogP contribution in [-0.2, 0) is 0 Å². The molecule has 1 unspecified atom stereocenters. The van der Waals surface area contributed by atoms with E-state index >= 15 is 0 Å². The highest BCUT2D eigenvalue weighted by atomic mass is 79.9. The number of rotatable bonds is 2. The lowest BCUT2D eigenvalue weighted by Gasteiger charge is -2.23. The van der Waals surface area contributed by atoms with Gasteiger partial charge in [0.25, 0.3) is 0 Å². The third-order valence-corrected chi connectivity index (χ3v) is 4.66. The van der Waals surface area contributed by atoms with Crippen LogP contribution in [0.1, 0.15) is 22.1 Å². The lowest BCUT2D eigenvalue weighted by Crippen LogP contribution is -2.42. The van der Waals surface area contributed by atoms with Crippen LogP contribution in [0.2, 0.25) is 0 Å². The van der Waals surface area contributed by atoms with Gasteiger partial charge >= 0.3 is 5.97 Å². The van der Waals surface area contributed by atoms with Gasteiger partial charge in [0, 0.05) is 27.5 Å². The number of carbonyl (C=O) groups is 1. The highest BCUT2D eigenvalue weighted by Crippen LogP contribution is 2.36. The van der Waals surface area contributed by atoms with Gasteiger partial charge in [0.1, 0.15) is 12.0 Å². The lowest BCUT2D eigenvalue weighted by atomic mass is 10.0. The molecular formula is C14H17BrN4O2. The Labute approximate surface area is 130 Å². The predicted octanol–water partition coefficient (Wildman–Crippen LogP) is 1.79. The average Bonchev–Trinajstić information content (AvgIpc) is 2.91. The van der Waals surface area contributed by atoms with Gasteiger partial charge < -0.3 is 15.8 Å². The van der Waals surface area contributed by atoms with E-state index in [4.69, 9.17) is 5.73 Å². The first-order valence-corrected chi connectivity index (χ1v) is 7.41. The number of hydrogen-bond donors (Lipinski definition) is 3. The molecule has 2 atom stereocenters. The van der Waals surface area contributed by atoms with Crippen molar-refractivity contribution in [2.24, 2.45) is 5.73 Å². The summed E-state index contributed by atoms with van der Waals surface area (Å²) >= 11 is 3.45. The largest absolute Gasteiger partial charge is 0.477 e. The molecule has 112 valence electrons. The summed E-state index contributed by atoms with van der Waals surface area (Å²) < 4.78 is 0.922. The Morgan fingerprint density at radius 1 is 1.48 bits per heavy atom. The van der Waals surface area contributed by atoms with Crippen LogP contribution in [0, 0.1) is 0 Å². The molecule has 1 aliphatic rings. The zero-order chi connectivity index (χ0) is 15.3. The van der Waals surface area contributed by atoms with Gasteiger partial charge in [-0.25, -0.2) is 4.79 Å². The fourth-order valence-corrected chi connectivity index (χ4v) is 3.36. The summed E-state index contributed by atoms with van der Waals surface area (Å²) in [5, 5.41) is 10.4. The molecule has 3 rings (SSSR count). The topological polar surface area (TPSA) is 85.6 Å². The normalized spacial score (nSPS) is 24.0. The summed E-state index contributed by atoms with van der Waals surface area (Å²) in [5.41, 5.74) is 7.96. The van der Waals surface area contributed by atoms with Crippen molar-refractivity contribution in [3.8, 4) is 0 Å². The van der Waals surface area contributed by atoms with Crippen molar-refractivity contribution in [3.63, 3.8) is 0 Å². The second-order valence-electron chi connectivity index (χ2n) is 5.44. The van der Waals surface area contributed by atoms with E-state index in [1.165, 1.54) is 0 Å². The fourth-order valence-electron chi connectivity index (χ4n) is 3.00. The standard InChI is InChI=1S/C14H17BrN4O2/c1-18-6-10(19(2)14(18)16)11-8-5-7(15)3-4-9(8)17-12(11)13(20)21/h3-5,10,14,17H,6,16H2,1-2H3,(H,20,21)/t10-,14?/m1/s1. The van der Waals surface area contributed by atoms with Gasteiger partial charge in [-0.1, -0.05) is 15.9 Å². The molecule has 0 aliphatic carbocycles. The molecule has 1 aromatic heterocycles. The fraction of sp³-hybridized carbons (Fsp3) is 0.357. The quantitative estimate of drug-likeness (QED) is 0.767. The molecule has 2 aromatic rings. The molecule has 4 N–H and O–H groups in total. The van der Waals surface area contributed by atoms with Crippen LogP contribution >= 0.6 is 15.9 Å². The molecule has 21 heavy (non-hydrogen) atoms. The number of carboxylic acid groups (broad SMARTS) is 1. The number of aromatic amines is 1. The minimum Gasteiger partial charge on any atom is -0.477 e. The monoisotopic (exact) mass is 352 g/mol. The number of hydrogen-bond acceptors (Lipinski definition) is 4. The first-order valence-electron chi connectivity index (χ1n) is 6.62. The number of nitrogens with one attached hydrogen (secondary N) is 1. The lowest BCUT2D eigenvalue weighted by molar-refractivity contribution is 0.0688. The molecule has 6 nitrogen and oxygen atoms in total. The summed E-state index contributed by atoms with van der Waals surface area (Å²) in [7, 11) is 3.85. The number of benzene rings is 1. The minimum absolute atomic E-state index is 0.0563. The molecule has 2 heterocycles. The zero-order valence-electron chi connectivity index (χ0n) is 11.8. The Morgan fingerprint density at radius 3 is 2.76 bits per heavy atom. The summed E-state index contributed by atoms with van der Waals surface area (Å²) in [6.07, 6.45) is -0.214. The van der Waals surface area contributed by atoms with Gasteiger partial charge in [-0.15, -0.1) is 0 Å². The van der Waals surface area contributed by atoms with E-state index in [-0.39, 0.29) is 18.0 Å². The maximum absolute atomic E-state index is 11.6. The maximum atomic E-state index is 11.6. The van der Waals surface area contributed by atoms with E-state index in [0.717, 1.165) is 20.9 Å². The number of halogens is 1. The highest BCUT2D eigenvalue weighted by molar-refractivity contribution is 9.10. The van der Waals surface area contributed by atoms with Crippen molar-refractivity contribution in [1.82, 2.24) is 14.8 Å². The van der Waals surface area contributed by atoms with Gasteiger partial charge in [0.15, 0.2) is 0 Å². The summed E-state index contributed by atoms with van der Waals surface area (Å²) in [6, 6.07) is 5.67. The molecular weight excluding hydrogens is 336 g/mol. The smallest absolute Gasteiger partial charge is 0.352 e. The molecule has 1 saturated heterocycles. The van der Waals surface area contributed by atoms with Crippen molar-refractivity contribution in [2.45, 2.75) is 12.3 Å².